The summed E-state index contributed by atoms with van der Waals surface area (Å²) >= 11 is 0. The summed E-state index contributed by atoms with van der Waals surface area (Å²) in [6.45, 7) is 4.68. The summed E-state index contributed by atoms with van der Waals surface area (Å²) in [5.41, 5.74) is 1.47. The van der Waals surface area contributed by atoms with Crippen LogP contribution in [0, 0.1) is 0 Å². The summed E-state index contributed by atoms with van der Waals surface area (Å²) in [5.74, 6) is 0. The average molecular weight is 282 g/mol. The van der Waals surface area contributed by atoms with Gasteiger partial charge in [-0.25, -0.2) is 0 Å². The number of hydrogen-bond donors (Lipinski definition) is 1. The number of rotatable bonds is 4. The number of likely N-dealkylation sites (tertiary alicyclic amines) is 1. The molecule has 112 valence electrons. The summed E-state index contributed by atoms with van der Waals surface area (Å²) in [7, 11) is 2.06. The van der Waals surface area contributed by atoms with Crippen molar-refractivity contribution >= 4 is 10.8 Å². The third kappa shape index (κ3) is 2.97. The number of likely N-dealkylation sites (N-methyl/N-ethyl adjacent to an activating group) is 1. The molecule has 0 aromatic heterocycles. The molecule has 2 heteroatoms. The fourth-order valence-corrected chi connectivity index (χ4v) is 3.78. The highest BCUT2D eigenvalue weighted by molar-refractivity contribution is 5.86. The van der Waals surface area contributed by atoms with E-state index in [1.54, 1.807) is 0 Å². The van der Waals surface area contributed by atoms with Crippen molar-refractivity contribution in [3.05, 3.63) is 48.0 Å². The molecule has 2 aromatic rings. The highest BCUT2D eigenvalue weighted by Gasteiger charge is 2.27. The van der Waals surface area contributed by atoms with E-state index in [4.69, 9.17) is 0 Å². The molecule has 2 aromatic carbocycles. The van der Waals surface area contributed by atoms with Gasteiger partial charge in [-0.3, -0.25) is 4.90 Å². The molecule has 0 radical (unpaired) electrons. The van der Waals surface area contributed by atoms with Crippen molar-refractivity contribution in [3.8, 4) is 0 Å². The maximum atomic E-state index is 3.37. The molecule has 0 aliphatic carbocycles. The van der Waals surface area contributed by atoms with Crippen LogP contribution in [-0.4, -0.2) is 31.1 Å². The van der Waals surface area contributed by atoms with Gasteiger partial charge in [0.1, 0.15) is 0 Å². The van der Waals surface area contributed by atoms with Crippen LogP contribution in [0.25, 0.3) is 10.8 Å². The standard InChI is InChI=1S/C19H26N2/c1-15(21-13-6-5-10-17(21)14-20-2)18-12-7-9-16-8-3-4-11-19(16)18/h3-4,7-9,11-12,15,17,20H,5-6,10,13-14H2,1-2H3. The Morgan fingerprint density at radius 2 is 1.95 bits per heavy atom. The number of piperidine rings is 1. The maximum Gasteiger partial charge on any atom is 0.0329 e. The van der Waals surface area contributed by atoms with Crippen molar-refractivity contribution in [1.82, 2.24) is 10.2 Å². The quantitative estimate of drug-likeness (QED) is 0.912. The number of hydrogen-bond acceptors (Lipinski definition) is 2. The van der Waals surface area contributed by atoms with Crippen LogP contribution in [0.4, 0.5) is 0 Å². The average Bonchev–Trinajstić information content (AvgIpc) is 2.54. The molecule has 1 aliphatic heterocycles. The Hall–Kier alpha value is -1.38. The second-order valence-corrected chi connectivity index (χ2v) is 6.19. The summed E-state index contributed by atoms with van der Waals surface area (Å²) in [6, 6.07) is 16.6. The number of fused-ring (bicyclic) bond motifs is 1. The van der Waals surface area contributed by atoms with E-state index in [1.165, 1.54) is 42.1 Å². The topological polar surface area (TPSA) is 15.3 Å². The van der Waals surface area contributed by atoms with Gasteiger partial charge in [-0.2, -0.15) is 0 Å². The van der Waals surface area contributed by atoms with E-state index in [0.717, 1.165) is 6.54 Å². The van der Waals surface area contributed by atoms with Crippen LogP contribution in [0.2, 0.25) is 0 Å². The van der Waals surface area contributed by atoms with Crippen molar-refractivity contribution in [2.45, 2.75) is 38.3 Å². The van der Waals surface area contributed by atoms with E-state index in [1.807, 2.05) is 0 Å². The highest BCUT2D eigenvalue weighted by Crippen LogP contribution is 2.32. The lowest BCUT2D eigenvalue weighted by molar-refractivity contribution is 0.104. The summed E-state index contributed by atoms with van der Waals surface area (Å²) in [5, 5.41) is 6.12. The zero-order chi connectivity index (χ0) is 14.7. The predicted octanol–water partition coefficient (Wildman–Crippen LogP) is 3.97. The van der Waals surface area contributed by atoms with Crippen LogP contribution in [0.5, 0.6) is 0 Å². The van der Waals surface area contributed by atoms with Gasteiger partial charge >= 0.3 is 0 Å². The first-order valence-corrected chi connectivity index (χ1v) is 8.19. The summed E-state index contributed by atoms with van der Waals surface area (Å²) in [6.07, 6.45) is 4.01. The van der Waals surface area contributed by atoms with Gasteiger partial charge in [0.05, 0.1) is 0 Å². The minimum absolute atomic E-state index is 0.481. The smallest absolute Gasteiger partial charge is 0.0329 e. The van der Waals surface area contributed by atoms with E-state index < -0.39 is 0 Å². The molecule has 1 saturated heterocycles. The van der Waals surface area contributed by atoms with Gasteiger partial charge in [0.15, 0.2) is 0 Å². The molecule has 0 amide bonds. The third-order valence-electron chi connectivity index (χ3n) is 4.88. The first kappa shape index (κ1) is 14.6. The largest absolute Gasteiger partial charge is 0.318 e. The molecule has 21 heavy (non-hydrogen) atoms. The van der Waals surface area contributed by atoms with Gasteiger partial charge in [0.25, 0.3) is 0 Å². The molecule has 1 heterocycles. The zero-order valence-corrected chi connectivity index (χ0v) is 13.2. The van der Waals surface area contributed by atoms with Gasteiger partial charge in [-0.15, -0.1) is 0 Å². The van der Waals surface area contributed by atoms with Crippen molar-refractivity contribution in [2.75, 3.05) is 20.1 Å². The Balaban J connectivity index is 1.93. The Labute approximate surface area is 128 Å². The van der Waals surface area contributed by atoms with Crippen molar-refractivity contribution in [3.63, 3.8) is 0 Å². The van der Waals surface area contributed by atoms with Crippen molar-refractivity contribution in [2.24, 2.45) is 0 Å². The van der Waals surface area contributed by atoms with Crippen LogP contribution in [-0.2, 0) is 0 Å². The van der Waals surface area contributed by atoms with Gasteiger partial charge in [-0.1, -0.05) is 48.9 Å². The Bertz CT molecular complexity index is 586. The molecule has 1 N–H and O–H groups in total. The summed E-state index contributed by atoms with van der Waals surface area (Å²) in [4.78, 5) is 2.70. The van der Waals surface area contributed by atoms with Crippen LogP contribution in [0.3, 0.4) is 0 Å². The normalized spacial score (nSPS) is 21.5. The lowest BCUT2D eigenvalue weighted by Crippen LogP contribution is -2.45. The van der Waals surface area contributed by atoms with Crippen LogP contribution in [0.15, 0.2) is 42.5 Å². The van der Waals surface area contributed by atoms with Crippen LogP contribution in [0.1, 0.15) is 37.8 Å². The Kier molecular flexibility index (Phi) is 4.57. The Morgan fingerprint density at radius 1 is 1.14 bits per heavy atom. The van der Waals surface area contributed by atoms with Gasteiger partial charge in [0.2, 0.25) is 0 Å². The molecule has 0 spiro atoms. The molecular weight excluding hydrogens is 256 g/mol. The van der Waals surface area contributed by atoms with Crippen molar-refractivity contribution < 1.29 is 0 Å². The third-order valence-corrected chi connectivity index (χ3v) is 4.88. The lowest BCUT2D eigenvalue weighted by atomic mass is 9.94. The van der Waals surface area contributed by atoms with Gasteiger partial charge in [-0.05, 0) is 49.7 Å². The second kappa shape index (κ2) is 6.59. The first-order valence-electron chi connectivity index (χ1n) is 8.19. The second-order valence-electron chi connectivity index (χ2n) is 6.19. The minimum atomic E-state index is 0.481. The minimum Gasteiger partial charge on any atom is -0.318 e. The highest BCUT2D eigenvalue weighted by atomic mass is 15.2. The molecule has 3 rings (SSSR count). The molecule has 1 aliphatic rings. The Morgan fingerprint density at radius 3 is 2.81 bits per heavy atom. The van der Waals surface area contributed by atoms with Crippen LogP contribution < -0.4 is 5.32 Å². The fraction of sp³-hybridized carbons (Fsp3) is 0.474. The number of benzene rings is 2. The van der Waals surface area contributed by atoms with E-state index >= 15 is 0 Å². The molecule has 0 bridgehead atoms. The molecule has 0 saturated carbocycles. The molecular formula is C19H26N2. The van der Waals surface area contributed by atoms with E-state index in [9.17, 15) is 0 Å². The lowest BCUT2D eigenvalue weighted by Gasteiger charge is -2.40. The number of nitrogens with one attached hydrogen (secondary N) is 1. The fourth-order valence-electron chi connectivity index (χ4n) is 3.78. The monoisotopic (exact) mass is 282 g/mol. The number of nitrogens with zero attached hydrogens (tertiary/aromatic N) is 1. The van der Waals surface area contributed by atoms with Crippen molar-refractivity contribution in [1.29, 1.82) is 0 Å². The van der Waals surface area contributed by atoms with E-state index in [-0.39, 0.29) is 0 Å². The van der Waals surface area contributed by atoms with Gasteiger partial charge < -0.3 is 5.32 Å². The maximum absolute atomic E-state index is 3.37. The van der Waals surface area contributed by atoms with E-state index in [0.29, 0.717) is 12.1 Å². The molecule has 1 fully saturated rings. The first-order chi connectivity index (χ1) is 10.3. The zero-order valence-electron chi connectivity index (χ0n) is 13.2. The predicted molar refractivity (Wildman–Crippen MR) is 90.6 cm³/mol. The molecule has 2 atom stereocenters. The van der Waals surface area contributed by atoms with Gasteiger partial charge in [0, 0.05) is 18.6 Å². The molecule has 2 unspecified atom stereocenters. The van der Waals surface area contributed by atoms with Crippen LogP contribution >= 0.6 is 0 Å². The van der Waals surface area contributed by atoms with E-state index in [2.05, 4.69) is 66.7 Å². The SMILES string of the molecule is CNCC1CCCCN1C(C)c1cccc2ccccc12. The molecule has 2 nitrogen and oxygen atoms in total. The summed E-state index contributed by atoms with van der Waals surface area (Å²) < 4.78 is 0.